The van der Waals surface area contributed by atoms with Gasteiger partial charge in [-0.15, -0.1) is 11.8 Å². The fourth-order valence-corrected chi connectivity index (χ4v) is 5.10. The molecule has 0 aliphatic heterocycles. The molecule has 4 aromatic rings. The van der Waals surface area contributed by atoms with E-state index in [4.69, 9.17) is 34.8 Å². The van der Waals surface area contributed by atoms with E-state index in [0.29, 0.717) is 37.6 Å². The maximum absolute atomic E-state index is 13.4. The highest BCUT2D eigenvalue weighted by Crippen LogP contribution is 2.27. The molecule has 0 heterocycles. The number of nitrogens with one attached hydrogen (secondary N) is 3. The van der Waals surface area contributed by atoms with Crippen molar-refractivity contribution in [3.05, 3.63) is 128 Å². The molecular formula is C31H24Cl3N3O3S. The zero-order valence-corrected chi connectivity index (χ0v) is 24.8. The lowest BCUT2D eigenvalue weighted by molar-refractivity contribution is -0.114. The molecule has 0 unspecified atom stereocenters. The summed E-state index contributed by atoms with van der Waals surface area (Å²) in [5, 5.41) is 9.51. The molecule has 0 bridgehead atoms. The van der Waals surface area contributed by atoms with Crippen LogP contribution in [-0.4, -0.2) is 23.5 Å². The highest BCUT2D eigenvalue weighted by molar-refractivity contribution is 8.00. The number of benzene rings is 4. The predicted octanol–water partition coefficient (Wildman–Crippen LogP) is 8.10. The summed E-state index contributed by atoms with van der Waals surface area (Å²) >= 11 is 20.0. The Hall–Kier alpha value is -3.75. The van der Waals surface area contributed by atoms with Crippen LogP contribution in [0.25, 0.3) is 6.08 Å². The van der Waals surface area contributed by atoms with E-state index >= 15 is 0 Å². The minimum atomic E-state index is -0.582. The number of aryl methyl sites for hydroxylation is 1. The topological polar surface area (TPSA) is 87.3 Å². The molecule has 0 saturated heterocycles. The molecule has 3 N–H and O–H groups in total. The second kappa shape index (κ2) is 14.2. The Kier molecular flexibility index (Phi) is 10.5. The molecule has 41 heavy (non-hydrogen) atoms. The number of halogens is 3. The van der Waals surface area contributed by atoms with Gasteiger partial charge in [0.25, 0.3) is 11.8 Å². The highest BCUT2D eigenvalue weighted by atomic mass is 35.5. The lowest BCUT2D eigenvalue weighted by Crippen LogP contribution is -2.30. The van der Waals surface area contributed by atoms with Crippen molar-refractivity contribution in [3.8, 4) is 0 Å². The summed E-state index contributed by atoms with van der Waals surface area (Å²) in [7, 11) is 0. The Balaban J connectivity index is 1.49. The van der Waals surface area contributed by atoms with Gasteiger partial charge in [-0.1, -0.05) is 71.2 Å². The molecule has 4 aromatic carbocycles. The van der Waals surface area contributed by atoms with Crippen molar-refractivity contribution < 1.29 is 14.4 Å². The van der Waals surface area contributed by atoms with Crippen LogP contribution in [0, 0.1) is 6.92 Å². The average molecular weight is 625 g/mol. The van der Waals surface area contributed by atoms with E-state index in [0.717, 1.165) is 10.5 Å². The quantitative estimate of drug-likeness (QED) is 0.130. The highest BCUT2D eigenvalue weighted by Gasteiger charge is 2.17. The molecule has 0 atom stereocenters. The Morgan fingerprint density at radius 2 is 1.51 bits per heavy atom. The molecule has 0 spiro atoms. The Labute approximate surface area is 257 Å². The van der Waals surface area contributed by atoms with Crippen molar-refractivity contribution in [2.45, 2.75) is 11.8 Å². The van der Waals surface area contributed by atoms with E-state index in [1.807, 2.05) is 19.1 Å². The standard InChI is InChI=1S/C31H24Cl3N3O3S/c1-19-13-14-21(32)15-27(19)36-29(38)18-41-23-10-5-9-22(16-23)35-31(40)28(17-24-25(33)11-6-12-26(24)34)37-30(39)20-7-3-2-4-8-20/h2-17H,18H2,1H3,(H,35,40)(H,36,38)(H,37,39)/b28-17+. The number of hydrogen-bond acceptors (Lipinski definition) is 4. The van der Waals surface area contributed by atoms with Gasteiger partial charge in [-0.3, -0.25) is 14.4 Å². The Morgan fingerprint density at radius 3 is 2.24 bits per heavy atom. The summed E-state index contributed by atoms with van der Waals surface area (Å²) in [6.07, 6.45) is 1.43. The van der Waals surface area contributed by atoms with Gasteiger partial charge in [0, 0.05) is 42.5 Å². The maximum atomic E-state index is 13.4. The Bertz CT molecular complexity index is 1610. The lowest BCUT2D eigenvalue weighted by atomic mass is 10.1. The smallest absolute Gasteiger partial charge is 0.272 e. The number of carbonyl (C=O) groups excluding carboxylic acids is 3. The number of carbonyl (C=O) groups is 3. The third-order valence-electron chi connectivity index (χ3n) is 5.75. The molecule has 0 aromatic heterocycles. The van der Waals surface area contributed by atoms with E-state index in [2.05, 4.69) is 16.0 Å². The van der Waals surface area contributed by atoms with Crippen LogP contribution in [0.2, 0.25) is 15.1 Å². The van der Waals surface area contributed by atoms with Crippen molar-refractivity contribution >= 4 is 81.7 Å². The molecule has 6 nitrogen and oxygen atoms in total. The van der Waals surface area contributed by atoms with Gasteiger partial charge in [-0.2, -0.15) is 0 Å². The summed E-state index contributed by atoms with van der Waals surface area (Å²) < 4.78 is 0. The summed E-state index contributed by atoms with van der Waals surface area (Å²) in [5.41, 5.74) is 2.73. The summed E-state index contributed by atoms with van der Waals surface area (Å²) in [5.74, 6) is -1.10. The van der Waals surface area contributed by atoms with Crippen LogP contribution in [0.5, 0.6) is 0 Å². The third kappa shape index (κ3) is 8.62. The van der Waals surface area contributed by atoms with E-state index < -0.39 is 11.8 Å². The predicted molar refractivity (Wildman–Crippen MR) is 169 cm³/mol. The number of thioether (sulfide) groups is 1. The van der Waals surface area contributed by atoms with Gasteiger partial charge in [0.15, 0.2) is 0 Å². The van der Waals surface area contributed by atoms with Crippen molar-refractivity contribution in [1.29, 1.82) is 0 Å². The second-order valence-electron chi connectivity index (χ2n) is 8.79. The SMILES string of the molecule is Cc1ccc(Cl)cc1NC(=O)CSc1cccc(NC(=O)/C(=C\c2c(Cl)cccc2Cl)NC(=O)c2ccccc2)c1. The first-order valence-corrected chi connectivity index (χ1v) is 14.4. The van der Waals surface area contributed by atoms with Gasteiger partial charge in [0.1, 0.15) is 5.70 Å². The summed E-state index contributed by atoms with van der Waals surface area (Å²) in [4.78, 5) is 39.6. The number of hydrogen-bond donors (Lipinski definition) is 3. The van der Waals surface area contributed by atoms with Crippen molar-refractivity contribution in [2.24, 2.45) is 0 Å². The fraction of sp³-hybridized carbons (Fsp3) is 0.0645. The number of rotatable bonds is 9. The van der Waals surface area contributed by atoms with Gasteiger partial charge >= 0.3 is 0 Å². The minimum Gasteiger partial charge on any atom is -0.325 e. The zero-order chi connectivity index (χ0) is 29.4. The normalized spacial score (nSPS) is 11.1. The van der Waals surface area contributed by atoms with Gasteiger partial charge < -0.3 is 16.0 Å². The first-order valence-electron chi connectivity index (χ1n) is 12.3. The summed E-state index contributed by atoms with van der Waals surface area (Å²) in [6.45, 7) is 1.88. The molecule has 0 fully saturated rings. The molecule has 3 amide bonds. The van der Waals surface area contributed by atoms with Crippen LogP contribution in [0.4, 0.5) is 11.4 Å². The van der Waals surface area contributed by atoms with Gasteiger partial charge in [-0.05, 0) is 73.2 Å². The molecule has 10 heteroatoms. The molecule has 4 rings (SSSR count). The second-order valence-corrected chi connectivity index (χ2v) is 11.1. The Morgan fingerprint density at radius 1 is 0.805 bits per heavy atom. The molecule has 208 valence electrons. The lowest BCUT2D eigenvalue weighted by Gasteiger charge is -2.13. The molecule has 0 radical (unpaired) electrons. The van der Waals surface area contributed by atoms with Crippen LogP contribution in [-0.2, 0) is 9.59 Å². The molecular weight excluding hydrogens is 601 g/mol. The van der Waals surface area contributed by atoms with E-state index in [1.165, 1.54) is 17.8 Å². The van der Waals surface area contributed by atoms with Gasteiger partial charge in [0.2, 0.25) is 5.91 Å². The fourth-order valence-electron chi connectivity index (χ4n) is 3.66. The van der Waals surface area contributed by atoms with Crippen molar-refractivity contribution in [1.82, 2.24) is 5.32 Å². The number of anilines is 2. The van der Waals surface area contributed by atoms with Crippen LogP contribution in [0.15, 0.2) is 102 Å². The van der Waals surface area contributed by atoms with E-state index in [-0.39, 0.29) is 17.4 Å². The molecule has 0 aliphatic carbocycles. The van der Waals surface area contributed by atoms with Gasteiger partial charge in [0.05, 0.1) is 5.75 Å². The first kappa shape index (κ1) is 30.2. The van der Waals surface area contributed by atoms with Crippen molar-refractivity contribution in [2.75, 3.05) is 16.4 Å². The van der Waals surface area contributed by atoms with Crippen LogP contribution >= 0.6 is 46.6 Å². The van der Waals surface area contributed by atoms with E-state index in [1.54, 1.807) is 78.9 Å². The largest absolute Gasteiger partial charge is 0.325 e. The van der Waals surface area contributed by atoms with Gasteiger partial charge in [-0.25, -0.2) is 0 Å². The molecule has 0 saturated carbocycles. The van der Waals surface area contributed by atoms with Crippen LogP contribution in [0.3, 0.4) is 0 Å². The maximum Gasteiger partial charge on any atom is 0.272 e. The van der Waals surface area contributed by atoms with Crippen LogP contribution < -0.4 is 16.0 Å². The zero-order valence-electron chi connectivity index (χ0n) is 21.7. The molecule has 0 aliphatic rings. The monoisotopic (exact) mass is 623 g/mol. The summed E-state index contributed by atoms with van der Waals surface area (Å²) in [6, 6.07) is 25.8. The van der Waals surface area contributed by atoms with Crippen LogP contribution in [0.1, 0.15) is 21.5 Å². The first-order chi connectivity index (χ1) is 19.7. The number of amides is 3. The average Bonchev–Trinajstić information content (AvgIpc) is 2.96. The van der Waals surface area contributed by atoms with Crippen molar-refractivity contribution in [3.63, 3.8) is 0 Å². The third-order valence-corrected chi connectivity index (χ3v) is 7.64. The minimum absolute atomic E-state index is 0.0526. The van der Waals surface area contributed by atoms with E-state index in [9.17, 15) is 14.4 Å².